The van der Waals surface area contributed by atoms with Crippen LogP contribution in [-0.2, 0) is 10.0 Å². The van der Waals surface area contributed by atoms with Crippen LogP contribution in [0, 0.1) is 0 Å². The number of anilines is 2. The predicted octanol–water partition coefficient (Wildman–Crippen LogP) is 4.47. The lowest BCUT2D eigenvalue weighted by atomic mass is 10.1. The molecule has 0 heterocycles. The van der Waals surface area contributed by atoms with Gasteiger partial charge in [0.2, 0.25) is 0 Å². The fraction of sp³-hybridized carbons (Fsp3) is 0.350. The van der Waals surface area contributed by atoms with Crippen molar-refractivity contribution in [1.29, 1.82) is 0 Å². The van der Waals surface area contributed by atoms with Gasteiger partial charge >= 0.3 is 5.97 Å². The Kier molecular flexibility index (Phi) is 7.75. The van der Waals surface area contributed by atoms with Gasteiger partial charge in [-0.1, -0.05) is 25.4 Å². The van der Waals surface area contributed by atoms with E-state index >= 15 is 0 Å². The number of hydrogen-bond acceptors (Lipinski definition) is 5. The maximum absolute atomic E-state index is 12.8. The number of hydrogen-bond donors (Lipinski definition) is 2. The highest BCUT2D eigenvalue weighted by molar-refractivity contribution is 7.92. The zero-order valence-electron chi connectivity index (χ0n) is 16.6. The van der Waals surface area contributed by atoms with Crippen LogP contribution in [0.2, 0.25) is 5.02 Å². The first-order chi connectivity index (χ1) is 13.7. The summed E-state index contributed by atoms with van der Waals surface area (Å²) >= 11 is 5.93. The summed E-state index contributed by atoms with van der Waals surface area (Å²) in [6, 6.07) is 8.75. The molecule has 2 N–H and O–H groups in total. The molecule has 29 heavy (non-hydrogen) atoms. The Morgan fingerprint density at radius 1 is 1.14 bits per heavy atom. The third-order valence-corrected chi connectivity index (χ3v) is 5.86. The van der Waals surface area contributed by atoms with E-state index < -0.39 is 16.0 Å². The van der Waals surface area contributed by atoms with Gasteiger partial charge in [-0.25, -0.2) is 13.2 Å². The molecule has 0 spiro atoms. The number of sulfonamides is 1. The van der Waals surface area contributed by atoms with Crippen molar-refractivity contribution < 1.29 is 23.1 Å². The van der Waals surface area contributed by atoms with Gasteiger partial charge in [0.05, 0.1) is 18.4 Å². The van der Waals surface area contributed by atoms with Gasteiger partial charge in [-0.15, -0.1) is 0 Å². The smallest absolute Gasteiger partial charge is 0.337 e. The lowest BCUT2D eigenvalue weighted by Gasteiger charge is -2.25. The van der Waals surface area contributed by atoms with Gasteiger partial charge in [-0.2, -0.15) is 0 Å². The summed E-state index contributed by atoms with van der Waals surface area (Å²) in [5, 5.41) is 9.91. The molecule has 2 rings (SSSR count). The normalized spacial score (nSPS) is 11.2. The Morgan fingerprint density at radius 3 is 2.34 bits per heavy atom. The zero-order valence-corrected chi connectivity index (χ0v) is 18.2. The molecule has 7 nitrogen and oxygen atoms in total. The molecular formula is C20H25ClN2O5S. The second-order valence-corrected chi connectivity index (χ2v) is 8.51. The molecule has 0 unspecified atom stereocenters. The van der Waals surface area contributed by atoms with Crippen LogP contribution in [-0.4, -0.2) is 39.7 Å². The lowest BCUT2D eigenvalue weighted by Crippen LogP contribution is -2.27. The zero-order chi connectivity index (χ0) is 21.6. The van der Waals surface area contributed by atoms with E-state index in [2.05, 4.69) is 4.72 Å². The van der Waals surface area contributed by atoms with Crippen molar-refractivity contribution in [2.75, 3.05) is 29.8 Å². The van der Waals surface area contributed by atoms with E-state index in [1.165, 1.54) is 31.4 Å². The number of carboxylic acid groups (broad SMARTS) is 1. The van der Waals surface area contributed by atoms with E-state index in [1.807, 2.05) is 18.7 Å². The first kappa shape index (κ1) is 22.8. The maximum Gasteiger partial charge on any atom is 0.337 e. The number of ether oxygens (including phenoxy) is 1. The number of halogens is 1. The molecule has 0 aliphatic rings. The molecule has 9 heteroatoms. The molecule has 0 fully saturated rings. The first-order valence-electron chi connectivity index (χ1n) is 9.22. The molecule has 0 saturated carbocycles. The Bertz CT molecular complexity index is 973. The highest BCUT2D eigenvalue weighted by atomic mass is 35.5. The Morgan fingerprint density at radius 2 is 1.79 bits per heavy atom. The largest absolute Gasteiger partial charge is 0.495 e. The summed E-state index contributed by atoms with van der Waals surface area (Å²) < 4.78 is 33.2. The number of benzene rings is 2. The summed E-state index contributed by atoms with van der Waals surface area (Å²) in [6.07, 6.45) is 1.73. The molecule has 158 valence electrons. The van der Waals surface area contributed by atoms with Gasteiger partial charge in [0.25, 0.3) is 10.0 Å². The van der Waals surface area contributed by atoms with Crippen LogP contribution < -0.4 is 14.4 Å². The summed E-state index contributed by atoms with van der Waals surface area (Å²) in [4.78, 5) is 13.7. The number of nitrogens with zero attached hydrogens (tertiary/aromatic N) is 1. The second-order valence-electron chi connectivity index (χ2n) is 6.42. The SMILES string of the molecule is CCCN(CCC)c1ccc(NS(=O)(=O)c2cc(Cl)ccc2OC)cc1C(=O)O. The fourth-order valence-corrected chi connectivity index (χ4v) is 4.49. The Hall–Kier alpha value is -2.45. The van der Waals surface area contributed by atoms with Crippen molar-refractivity contribution in [3.05, 3.63) is 47.0 Å². The van der Waals surface area contributed by atoms with Crippen LogP contribution in [0.25, 0.3) is 0 Å². The highest BCUT2D eigenvalue weighted by Crippen LogP contribution is 2.30. The van der Waals surface area contributed by atoms with Crippen molar-refractivity contribution >= 4 is 39.0 Å². The summed E-state index contributed by atoms with van der Waals surface area (Å²) in [7, 11) is -2.68. The molecule has 2 aromatic rings. The Balaban J connectivity index is 2.45. The van der Waals surface area contributed by atoms with E-state index in [0.717, 1.165) is 12.8 Å². The van der Waals surface area contributed by atoms with E-state index in [0.29, 0.717) is 18.8 Å². The number of nitrogens with one attached hydrogen (secondary N) is 1. The monoisotopic (exact) mass is 440 g/mol. The van der Waals surface area contributed by atoms with E-state index in [-0.39, 0.29) is 26.9 Å². The number of rotatable bonds is 10. The van der Waals surface area contributed by atoms with Crippen molar-refractivity contribution in [3.63, 3.8) is 0 Å². The molecule has 0 aliphatic carbocycles. The third kappa shape index (κ3) is 5.55. The molecule has 2 aromatic carbocycles. The summed E-state index contributed by atoms with van der Waals surface area (Å²) in [5.41, 5.74) is 0.732. The minimum absolute atomic E-state index is 0.0326. The van der Waals surface area contributed by atoms with Crippen molar-refractivity contribution in [3.8, 4) is 5.75 Å². The average molecular weight is 441 g/mol. The first-order valence-corrected chi connectivity index (χ1v) is 11.1. The van der Waals surface area contributed by atoms with Gasteiger partial charge < -0.3 is 14.7 Å². The summed E-state index contributed by atoms with van der Waals surface area (Å²) in [5.74, 6) is -0.993. The number of carboxylic acids is 1. The highest BCUT2D eigenvalue weighted by Gasteiger charge is 2.22. The van der Waals surface area contributed by atoms with Crippen LogP contribution in [0.4, 0.5) is 11.4 Å². The minimum Gasteiger partial charge on any atom is -0.495 e. The minimum atomic E-state index is -4.04. The second kappa shape index (κ2) is 9.84. The molecule has 0 radical (unpaired) electrons. The van der Waals surface area contributed by atoms with Crippen LogP contribution in [0.1, 0.15) is 37.0 Å². The van der Waals surface area contributed by atoms with E-state index in [1.54, 1.807) is 12.1 Å². The molecular weight excluding hydrogens is 416 g/mol. The van der Waals surface area contributed by atoms with Crippen molar-refractivity contribution in [2.24, 2.45) is 0 Å². The molecule has 0 saturated heterocycles. The van der Waals surface area contributed by atoms with Gasteiger partial charge in [-0.05, 0) is 49.2 Å². The molecule has 0 amide bonds. The molecule has 0 bridgehead atoms. The molecule has 0 aromatic heterocycles. The predicted molar refractivity (Wildman–Crippen MR) is 115 cm³/mol. The average Bonchev–Trinajstić information content (AvgIpc) is 2.67. The third-order valence-electron chi connectivity index (χ3n) is 4.22. The van der Waals surface area contributed by atoms with Crippen LogP contribution in [0.3, 0.4) is 0 Å². The van der Waals surface area contributed by atoms with Crippen LogP contribution in [0.15, 0.2) is 41.3 Å². The van der Waals surface area contributed by atoms with E-state index in [9.17, 15) is 18.3 Å². The van der Waals surface area contributed by atoms with Crippen molar-refractivity contribution in [1.82, 2.24) is 0 Å². The quantitative estimate of drug-likeness (QED) is 0.565. The number of aromatic carboxylic acids is 1. The van der Waals surface area contributed by atoms with Gasteiger partial charge in [0.15, 0.2) is 0 Å². The van der Waals surface area contributed by atoms with Crippen molar-refractivity contribution in [2.45, 2.75) is 31.6 Å². The topological polar surface area (TPSA) is 95.9 Å². The van der Waals surface area contributed by atoms with Crippen LogP contribution >= 0.6 is 11.6 Å². The van der Waals surface area contributed by atoms with E-state index in [4.69, 9.17) is 16.3 Å². The maximum atomic E-state index is 12.8. The standard InChI is InChI=1S/C20H25ClN2O5S/c1-4-10-23(11-5-2)17-8-7-15(13-16(17)20(24)25)22-29(26,27)19-12-14(21)6-9-18(19)28-3/h6-9,12-13,22H,4-5,10-11H2,1-3H3,(H,24,25). The lowest BCUT2D eigenvalue weighted by molar-refractivity contribution is 0.0697. The molecule has 0 atom stereocenters. The fourth-order valence-electron chi connectivity index (χ4n) is 3.01. The van der Waals surface area contributed by atoms with Crippen LogP contribution in [0.5, 0.6) is 5.75 Å². The van der Waals surface area contributed by atoms with Gasteiger partial charge in [0.1, 0.15) is 10.6 Å². The number of methoxy groups -OCH3 is 1. The Labute approximate surface area is 176 Å². The van der Waals surface area contributed by atoms with Gasteiger partial charge in [-0.3, -0.25) is 4.72 Å². The molecule has 0 aliphatic heterocycles. The number of carbonyl (C=O) groups is 1. The van der Waals surface area contributed by atoms with Gasteiger partial charge in [0, 0.05) is 23.8 Å². The summed E-state index contributed by atoms with van der Waals surface area (Å²) in [6.45, 7) is 5.45.